The molecule has 2 saturated heterocycles. The smallest absolute Gasteiger partial charge is 0.168 e. The number of rotatable bonds is 3. The Morgan fingerprint density at radius 3 is 2.41 bits per heavy atom. The lowest BCUT2D eigenvalue weighted by Crippen LogP contribution is -2.37. The molecular weight excluding hydrogens is 367 g/mol. The summed E-state index contributed by atoms with van der Waals surface area (Å²) in [6.07, 6.45) is 9.66. The SMILES string of the molecule is Fc1c(C2=CCC(C3CCC4(CC3)OCCO4)CC2)ccc(C2CO2)c1Cl. The third kappa shape index (κ3) is 3.46. The van der Waals surface area contributed by atoms with E-state index in [1.54, 1.807) is 0 Å². The van der Waals surface area contributed by atoms with Crippen molar-refractivity contribution in [3.63, 3.8) is 0 Å². The van der Waals surface area contributed by atoms with Crippen molar-refractivity contribution in [1.82, 2.24) is 0 Å². The lowest BCUT2D eigenvalue weighted by Gasteiger charge is -2.39. The van der Waals surface area contributed by atoms with Crippen LogP contribution in [0.3, 0.4) is 0 Å². The molecule has 2 atom stereocenters. The topological polar surface area (TPSA) is 31.0 Å². The zero-order valence-electron chi connectivity index (χ0n) is 15.5. The van der Waals surface area contributed by atoms with Crippen molar-refractivity contribution in [2.75, 3.05) is 19.8 Å². The maximum Gasteiger partial charge on any atom is 0.168 e. The first-order valence-corrected chi connectivity index (χ1v) is 10.6. The molecule has 2 heterocycles. The molecule has 0 bridgehead atoms. The molecule has 0 aromatic heterocycles. The fourth-order valence-corrected chi connectivity index (χ4v) is 5.44. The molecule has 1 saturated carbocycles. The van der Waals surface area contributed by atoms with Gasteiger partial charge in [-0.15, -0.1) is 0 Å². The van der Waals surface area contributed by atoms with Gasteiger partial charge in [0, 0.05) is 24.0 Å². The van der Waals surface area contributed by atoms with Gasteiger partial charge >= 0.3 is 0 Å². The summed E-state index contributed by atoms with van der Waals surface area (Å²) in [5.41, 5.74) is 2.54. The minimum atomic E-state index is -0.287. The van der Waals surface area contributed by atoms with E-state index < -0.39 is 0 Å². The Labute approximate surface area is 164 Å². The summed E-state index contributed by atoms with van der Waals surface area (Å²) in [5, 5.41) is 0.229. The summed E-state index contributed by atoms with van der Waals surface area (Å²) in [7, 11) is 0. The number of hydrogen-bond donors (Lipinski definition) is 0. The van der Waals surface area contributed by atoms with Gasteiger partial charge in [-0.1, -0.05) is 29.8 Å². The zero-order valence-corrected chi connectivity index (χ0v) is 16.3. The summed E-state index contributed by atoms with van der Waals surface area (Å²) >= 11 is 6.26. The minimum absolute atomic E-state index is 0.0202. The summed E-state index contributed by atoms with van der Waals surface area (Å²) in [4.78, 5) is 0. The quantitative estimate of drug-likeness (QED) is 0.621. The number of benzene rings is 1. The Morgan fingerprint density at radius 1 is 1.04 bits per heavy atom. The van der Waals surface area contributed by atoms with Gasteiger partial charge in [0.2, 0.25) is 0 Å². The van der Waals surface area contributed by atoms with Gasteiger partial charge in [-0.3, -0.25) is 0 Å². The number of ether oxygens (including phenoxy) is 3. The van der Waals surface area contributed by atoms with E-state index in [2.05, 4.69) is 6.08 Å². The molecule has 5 heteroatoms. The Balaban J connectivity index is 1.25. The van der Waals surface area contributed by atoms with E-state index in [1.807, 2.05) is 12.1 Å². The molecular formula is C22H26ClFO3. The van der Waals surface area contributed by atoms with Crippen molar-refractivity contribution < 1.29 is 18.6 Å². The van der Waals surface area contributed by atoms with Crippen LogP contribution in [-0.2, 0) is 14.2 Å². The van der Waals surface area contributed by atoms with Gasteiger partial charge in [0.05, 0.1) is 24.8 Å². The van der Waals surface area contributed by atoms with E-state index in [1.165, 1.54) is 12.8 Å². The molecule has 27 heavy (non-hydrogen) atoms. The largest absolute Gasteiger partial charge is 0.368 e. The van der Waals surface area contributed by atoms with Crippen LogP contribution in [0.15, 0.2) is 18.2 Å². The highest BCUT2D eigenvalue weighted by molar-refractivity contribution is 6.31. The van der Waals surface area contributed by atoms with E-state index >= 15 is 0 Å². The van der Waals surface area contributed by atoms with Crippen LogP contribution in [0.5, 0.6) is 0 Å². The Kier molecular flexibility index (Phi) is 4.79. The van der Waals surface area contributed by atoms with Crippen LogP contribution in [0, 0.1) is 17.7 Å². The average molecular weight is 393 g/mol. The maximum absolute atomic E-state index is 14.8. The van der Waals surface area contributed by atoms with Gasteiger partial charge < -0.3 is 14.2 Å². The number of allylic oxidation sites excluding steroid dienone is 2. The molecule has 3 fully saturated rings. The van der Waals surface area contributed by atoms with Crippen LogP contribution in [0.4, 0.5) is 4.39 Å². The number of hydrogen-bond acceptors (Lipinski definition) is 3. The summed E-state index contributed by atoms with van der Waals surface area (Å²) in [6, 6.07) is 3.80. The Morgan fingerprint density at radius 2 is 1.78 bits per heavy atom. The lowest BCUT2D eigenvalue weighted by atomic mass is 9.72. The van der Waals surface area contributed by atoms with Crippen LogP contribution >= 0.6 is 11.6 Å². The molecule has 1 aromatic rings. The first-order chi connectivity index (χ1) is 13.2. The molecule has 0 radical (unpaired) electrons. The van der Waals surface area contributed by atoms with Crippen molar-refractivity contribution in [1.29, 1.82) is 0 Å². The normalized spacial score (nSPS) is 30.5. The second kappa shape index (κ2) is 7.14. The summed E-state index contributed by atoms with van der Waals surface area (Å²) in [5.74, 6) is 0.845. The molecule has 4 aliphatic rings. The van der Waals surface area contributed by atoms with Crippen molar-refractivity contribution in [3.8, 4) is 0 Å². The van der Waals surface area contributed by atoms with Gasteiger partial charge in [-0.05, 0) is 49.5 Å². The second-order valence-corrected chi connectivity index (χ2v) is 8.74. The van der Waals surface area contributed by atoms with Gasteiger partial charge in [-0.25, -0.2) is 4.39 Å². The second-order valence-electron chi connectivity index (χ2n) is 8.36. The zero-order chi connectivity index (χ0) is 18.4. The fourth-order valence-electron chi connectivity index (χ4n) is 5.15. The highest BCUT2D eigenvalue weighted by Gasteiger charge is 2.42. The van der Waals surface area contributed by atoms with Gasteiger partial charge in [0.25, 0.3) is 0 Å². The molecule has 3 nitrogen and oxygen atoms in total. The van der Waals surface area contributed by atoms with E-state index in [-0.39, 0.29) is 22.7 Å². The Hall–Kier alpha value is -0.940. The van der Waals surface area contributed by atoms with E-state index in [9.17, 15) is 4.39 Å². The molecule has 2 aliphatic heterocycles. The van der Waals surface area contributed by atoms with Crippen LogP contribution < -0.4 is 0 Å². The van der Waals surface area contributed by atoms with Crippen molar-refractivity contribution in [3.05, 3.63) is 40.2 Å². The molecule has 146 valence electrons. The molecule has 1 aromatic carbocycles. The highest BCUT2D eigenvalue weighted by atomic mass is 35.5. The van der Waals surface area contributed by atoms with Crippen LogP contribution in [0.25, 0.3) is 5.57 Å². The first-order valence-electron chi connectivity index (χ1n) is 10.2. The van der Waals surface area contributed by atoms with Crippen LogP contribution in [-0.4, -0.2) is 25.6 Å². The monoisotopic (exact) mass is 392 g/mol. The molecule has 2 unspecified atom stereocenters. The highest BCUT2D eigenvalue weighted by Crippen LogP contribution is 2.46. The van der Waals surface area contributed by atoms with Crippen molar-refractivity contribution in [2.24, 2.45) is 11.8 Å². The molecule has 5 rings (SSSR count). The average Bonchev–Trinajstić information content (AvgIpc) is 3.45. The number of epoxide rings is 1. The van der Waals surface area contributed by atoms with E-state index in [0.717, 1.165) is 62.4 Å². The predicted molar refractivity (Wildman–Crippen MR) is 102 cm³/mol. The summed E-state index contributed by atoms with van der Waals surface area (Å²) in [6.45, 7) is 2.11. The molecule has 2 aliphatic carbocycles. The van der Waals surface area contributed by atoms with E-state index in [4.69, 9.17) is 25.8 Å². The van der Waals surface area contributed by atoms with E-state index in [0.29, 0.717) is 18.1 Å². The van der Waals surface area contributed by atoms with Crippen LogP contribution in [0.2, 0.25) is 5.02 Å². The van der Waals surface area contributed by atoms with Crippen molar-refractivity contribution in [2.45, 2.75) is 56.8 Å². The summed E-state index contributed by atoms with van der Waals surface area (Å²) < 4.78 is 31.7. The first kappa shape index (κ1) is 18.1. The Bertz CT molecular complexity index is 742. The third-order valence-corrected chi connectivity index (χ3v) is 7.25. The van der Waals surface area contributed by atoms with Crippen LogP contribution in [0.1, 0.15) is 62.2 Å². The lowest BCUT2D eigenvalue weighted by molar-refractivity contribution is -0.184. The van der Waals surface area contributed by atoms with Gasteiger partial charge in [-0.2, -0.15) is 0 Å². The standard InChI is InChI=1S/C22H26ClFO3/c23-20-18(19-13-25-19)6-5-17(21(20)24)16-3-1-14(2-4-16)15-7-9-22(10-8-15)26-11-12-27-22/h3,5-6,14-15,19H,1-2,4,7-13H2. The predicted octanol–water partition coefficient (Wildman–Crippen LogP) is 5.67. The molecule has 0 amide bonds. The molecule has 1 spiro atoms. The molecule has 0 N–H and O–H groups in total. The van der Waals surface area contributed by atoms with Gasteiger partial charge in [0.15, 0.2) is 5.79 Å². The number of halogens is 2. The van der Waals surface area contributed by atoms with Gasteiger partial charge in [0.1, 0.15) is 11.9 Å². The third-order valence-electron chi connectivity index (χ3n) is 6.86. The van der Waals surface area contributed by atoms with Crippen molar-refractivity contribution >= 4 is 17.2 Å². The fraction of sp³-hybridized carbons (Fsp3) is 0.636. The maximum atomic E-state index is 14.8. The minimum Gasteiger partial charge on any atom is -0.368 e.